The summed E-state index contributed by atoms with van der Waals surface area (Å²) in [7, 11) is 0. The average Bonchev–Trinajstić information content (AvgIpc) is 2.78. The number of rotatable bonds is 8. The van der Waals surface area contributed by atoms with Crippen molar-refractivity contribution in [1.82, 2.24) is 15.5 Å². The molecule has 30 heavy (non-hydrogen) atoms. The number of carbonyl (C=O) groups is 2. The van der Waals surface area contributed by atoms with Crippen LogP contribution in [0.2, 0.25) is 0 Å². The Hall–Kier alpha value is -2.41. The van der Waals surface area contributed by atoms with Gasteiger partial charge in [-0.3, -0.25) is 14.5 Å². The normalized spacial score (nSPS) is 17.4. The summed E-state index contributed by atoms with van der Waals surface area (Å²) in [4.78, 5) is 28.4. The van der Waals surface area contributed by atoms with E-state index in [1.165, 1.54) is 30.5 Å². The molecule has 7 heteroatoms. The molecular formula is C23H33FN4O2. The van der Waals surface area contributed by atoms with E-state index >= 15 is 0 Å². The van der Waals surface area contributed by atoms with E-state index in [9.17, 15) is 14.0 Å². The minimum absolute atomic E-state index is 0.213. The molecule has 1 aliphatic carbocycles. The molecule has 1 aliphatic heterocycles. The zero-order valence-corrected chi connectivity index (χ0v) is 17.7. The van der Waals surface area contributed by atoms with Crippen molar-refractivity contribution in [3.05, 3.63) is 41.7 Å². The van der Waals surface area contributed by atoms with Crippen LogP contribution in [-0.2, 0) is 9.59 Å². The molecule has 2 aliphatic rings. The molecule has 0 radical (unpaired) electrons. The summed E-state index contributed by atoms with van der Waals surface area (Å²) < 4.78 is 13.1. The van der Waals surface area contributed by atoms with Crippen LogP contribution < -0.4 is 15.5 Å². The van der Waals surface area contributed by atoms with E-state index in [4.69, 9.17) is 0 Å². The lowest BCUT2D eigenvalue weighted by molar-refractivity contribution is -0.139. The van der Waals surface area contributed by atoms with Crippen molar-refractivity contribution in [3.63, 3.8) is 0 Å². The van der Waals surface area contributed by atoms with Crippen molar-refractivity contribution in [2.45, 2.75) is 38.5 Å². The first kappa shape index (κ1) is 22.3. The van der Waals surface area contributed by atoms with E-state index in [0.717, 1.165) is 64.1 Å². The number of amides is 2. The fourth-order valence-corrected chi connectivity index (χ4v) is 4.02. The van der Waals surface area contributed by atoms with Crippen molar-refractivity contribution in [2.24, 2.45) is 0 Å². The van der Waals surface area contributed by atoms with Gasteiger partial charge in [0.05, 0.1) is 0 Å². The highest BCUT2D eigenvalue weighted by Gasteiger charge is 2.17. The average molecular weight is 417 g/mol. The Morgan fingerprint density at radius 1 is 0.933 bits per heavy atom. The van der Waals surface area contributed by atoms with Gasteiger partial charge in [-0.2, -0.15) is 0 Å². The van der Waals surface area contributed by atoms with Gasteiger partial charge in [0.2, 0.25) is 0 Å². The molecule has 1 aromatic carbocycles. The standard InChI is InChI=1S/C23H33FN4O2/c24-20-7-9-21(10-8-20)28-17-15-27(16-18-28)14-4-12-25-22(29)23(30)26-13-11-19-5-2-1-3-6-19/h5,7-10H,1-4,6,11-18H2,(H,25,29)(H,26,30). The van der Waals surface area contributed by atoms with Gasteiger partial charge < -0.3 is 15.5 Å². The van der Waals surface area contributed by atoms with Gasteiger partial charge >= 0.3 is 11.8 Å². The van der Waals surface area contributed by atoms with Crippen LogP contribution in [0.4, 0.5) is 10.1 Å². The van der Waals surface area contributed by atoms with Crippen LogP contribution in [0, 0.1) is 5.82 Å². The number of halogens is 1. The number of anilines is 1. The molecule has 0 bridgehead atoms. The highest BCUT2D eigenvalue weighted by molar-refractivity contribution is 6.35. The second-order valence-electron chi connectivity index (χ2n) is 8.03. The molecule has 1 heterocycles. The topological polar surface area (TPSA) is 64.7 Å². The lowest BCUT2D eigenvalue weighted by Gasteiger charge is -2.36. The summed E-state index contributed by atoms with van der Waals surface area (Å²) in [5.74, 6) is -1.30. The fourth-order valence-electron chi connectivity index (χ4n) is 4.02. The Kier molecular flexibility index (Phi) is 8.68. The Morgan fingerprint density at radius 2 is 1.63 bits per heavy atom. The first-order chi connectivity index (χ1) is 14.6. The molecule has 0 spiro atoms. The Labute approximate surface area is 178 Å². The third kappa shape index (κ3) is 7.13. The van der Waals surface area contributed by atoms with Crippen LogP contribution in [0.3, 0.4) is 0 Å². The van der Waals surface area contributed by atoms with Crippen molar-refractivity contribution in [1.29, 1.82) is 0 Å². The van der Waals surface area contributed by atoms with E-state index in [-0.39, 0.29) is 5.82 Å². The predicted octanol–water partition coefficient (Wildman–Crippen LogP) is 2.46. The lowest BCUT2D eigenvalue weighted by Crippen LogP contribution is -2.47. The summed E-state index contributed by atoms with van der Waals surface area (Å²) in [5.41, 5.74) is 2.44. The van der Waals surface area contributed by atoms with E-state index < -0.39 is 11.8 Å². The van der Waals surface area contributed by atoms with Gasteiger partial charge in [-0.05, 0) is 69.3 Å². The van der Waals surface area contributed by atoms with Crippen LogP contribution in [0.15, 0.2) is 35.9 Å². The van der Waals surface area contributed by atoms with Crippen LogP contribution in [0.25, 0.3) is 0 Å². The summed E-state index contributed by atoms with van der Waals surface area (Å²) in [5, 5.41) is 5.42. The molecule has 0 aromatic heterocycles. The Morgan fingerprint density at radius 3 is 2.30 bits per heavy atom. The molecule has 0 unspecified atom stereocenters. The maximum absolute atomic E-state index is 13.1. The second-order valence-corrected chi connectivity index (χ2v) is 8.03. The molecule has 0 saturated carbocycles. The second kappa shape index (κ2) is 11.7. The number of benzene rings is 1. The van der Waals surface area contributed by atoms with Crippen LogP contribution in [0.1, 0.15) is 38.5 Å². The van der Waals surface area contributed by atoms with Crippen LogP contribution >= 0.6 is 0 Å². The number of hydrogen-bond donors (Lipinski definition) is 2. The van der Waals surface area contributed by atoms with Crippen LogP contribution in [0.5, 0.6) is 0 Å². The van der Waals surface area contributed by atoms with Gasteiger partial charge in [-0.25, -0.2) is 4.39 Å². The number of carbonyl (C=O) groups excluding carboxylic acids is 2. The predicted molar refractivity (Wildman–Crippen MR) is 117 cm³/mol. The number of hydrogen-bond acceptors (Lipinski definition) is 4. The Balaban J connectivity index is 1.24. The van der Waals surface area contributed by atoms with Crippen molar-refractivity contribution in [3.8, 4) is 0 Å². The highest BCUT2D eigenvalue weighted by Crippen LogP contribution is 2.19. The van der Waals surface area contributed by atoms with Gasteiger partial charge in [0.25, 0.3) is 0 Å². The SMILES string of the molecule is O=C(NCCCN1CCN(c2ccc(F)cc2)CC1)C(=O)NCCC1=CCCCC1. The molecule has 1 saturated heterocycles. The maximum Gasteiger partial charge on any atom is 0.309 e. The lowest BCUT2D eigenvalue weighted by atomic mass is 9.97. The summed E-state index contributed by atoms with van der Waals surface area (Å²) in [6.45, 7) is 5.57. The number of nitrogens with one attached hydrogen (secondary N) is 2. The first-order valence-electron chi connectivity index (χ1n) is 11.1. The van der Waals surface area contributed by atoms with Gasteiger partial charge in [0.15, 0.2) is 0 Å². The summed E-state index contributed by atoms with van der Waals surface area (Å²) >= 11 is 0. The molecule has 3 rings (SSSR count). The van der Waals surface area contributed by atoms with E-state index in [0.29, 0.717) is 13.1 Å². The Bertz CT molecular complexity index is 727. The zero-order valence-electron chi connectivity index (χ0n) is 17.7. The van der Waals surface area contributed by atoms with Gasteiger partial charge in [-0.1, -0.05) is 11.6 Å². The monoisotopic (exact) mass is 416 g/mol. The number of nitrogens with zero attached hydrogens (tertiary/aromatic N) is 2. The smallest absolute Gasteiger partial charge is 0.309 e. The van der Waals surface area contributed by atoms with Crippen molar-refractivity contribution in [2.75, 3.05) is 50.7 Å². The molecule has 1 fully saturated rings. The maximum atomic E-state index is 13.1. The quantitative estimate of drug-likeness (QED) is 0.388. The van der Waals surface area contributed by atoms with Crippen molar-refractivity contribution < 1.29 is 14.0 Å². The van der Waals surface area contributed by atoms with E-state index in [2.05, 4.69) is 26.5 Å². The molecule has 1 aromatic rings. The third-order valence-electron chi connectivity index (χ3n) is 5.82. The summed E-state index contributed by atoms with van der Waals surface area (Å²) in [6.07, 6.45) is 8.62. The first-order valence-corrected chi connectivity index (χ1v) is 11.1. The van der Waals surface area contributed by atoms with Gasteiger partial charge in [-0.15, -0.1) is 0 Å². The molecule has 164 valence electrons. The van der Waals surface area contributed by atoms with Gasteiger partial charge in [0, 0.05) is 45.0 Å². The minimum Gasteiger partial charge on any atom is -0.369 e. The zero-order chi connectivity index (χ0) is 21.2. The van der Waals surface area contributed by atoms with Gasteiger partial charge in [0.1, 0.15) is 5.82 Å². The fraction of sp³-hybridized carbons (Fsp3) is 0.565. The number of piperazine rings is 1. The van der Waals surface area contributed by atoms with Crippen molar-refractivity contribution >= 4 is 17.5 Å². The molecule has 6 nitrogen and oxygen atoms in total. The third-order valence-corrected chi connectivity index (χ3v) is 5.82. The molecular weight excluding hydrogens is 383 g/mol. The highest BCUT2D eigenvalue weighted by atomic mass is 19.1. The van der Waals surface area contributed by atoms with E-state index in [1.807, 2.05) is 12.1 Å². The largest absolute Gasteiger partial charge is 0.369 e. The van der Waals surface area contributed by atoms with E-state index in [1.54, 1.807) is 0 Å². The molecule has 2 amide bonds. The summed E-state index contributed by atoms with van der Waals surface area (Å²) in [6, 6.07) is 6.62. The minimum atomic E-state index is -0.547. The molecule has 0 atom stereocenters. The molecule has 2 N–H and O–H groups in total. The number of allylic oxidation sites excluding steroid dienone is 1. The van der Waals surface area contributed by atoms with Crippen LogP contribution in [-0.4, -0.2) is 62.5 Å².